The van der Waals surface area contributed by atoms with Crippen LogP contribution in [0.5, 0.6) is 0 Å². The van der Waals surface area contributed by atoms with Crippen molar-refractivity contribution in [1.82, 2.24) is 15.6 Å². The Balaban J connectivity index is 1.38. The van der Waals surface area contributed by atoms with E-state index in [0.717, 1.165) is 25.8 Å². The first kappa shape index (κ1) is 20.4. The lowest BCUT2D eigenvalue weighted by molar-refractivity contribution is -0.118. The minimum absolute atomic E-state index is 0.194. The molecule has 0 spiro atoms. The predicted octanol–water partition coefficient (Wildman–Crippen LogP) is 4.72. The molecule has 0 aliphatic heterocycles. The quantitative estimate of drug-likeness (QED) is 0.301. The number of aromatic nitrogens is 2. The predicted molar refractivity (Wildman–Crippen MR) is 116 cm³/mol. The van der Waals surface area contributed by atoms with Gasteiger partial charge < -0.3 is 4.42 Å². The molecule has 2 aromatic heterocycles. The summed E-state index contributed by atoms with van der Waals surface area (Å²) in [5, 5.41) is 12.2. The molecule has 3 rings (SSSR count). The van der Waals surface area contributed by atoms with Crippen LogP contribution in [0.2, 0.25) is 0 Å². The number of thioether (sulfide) groups is 2. The van der Waals surface area contributed by atoms with Gasteiger partial charge >= 0.3 is 0 Å². The van der Waals surface area contributed by atoms with Crippen LogP contribution in [-0.2, 0) is 10.5 Å². The zero-order valence-electron chi connectivity index (χ0n) is 15.1. The van der Waals surface area contributed by atoms with Crippen LogP contribution in [0, 0.1) is 0 Å². The number of nitrogens with zero attached hydrogens (tertiary/aromatic N) is 3. The third-order valence-corrected chi connectivity index (χ3v) is 6.55. The van der Waals surface area contributed by atoms with Crippen LogP contribution in [0.1, 0.15) is 18.2 Å². The maximum atomic E-state index is 11.9. The standard InChI is InChI=1S/C19H18N4O2S3/c1-14(10-16-8-5-9-25-16)11-20-21-17(24)13-27-19-23-22-18(28-19)26-12-15-6-3-2-4-7-15/h2-11H,12-13H2,1H3,(H,21,24)/b14-10+,20-11-. The third-order valence-electron chi connectivity index (χ3n) is 3.29. The highest BCUT2D eigenvalue weighted by Gasteiger charge is 2.08. The van der Waals surface area contributed by atoms with Crippen molar-refractivity contribution in [3.8, 4) is 0 Å². The second kappa shape index (κ2) is 10.8. The highest BCUT2D eigenvalue weighted by molar-refractivity contribution is 8.03. The number of hydrogen-bond acceptors (Lipinski definition) is 8. The summed E-state index contributed by atoms with van der Waals surface area (Å²) >= 11 is 4.48. The monoisotopic (exact) mass is 430 g/mol. The molecule has 1 aromatic carbocycles. The highest BCUT2D eigenvalue weighted by atomic mass is 32.2. The van der Waals surface area contributed by atoms with Gasteiger partial charge in [-0.05, 0) is 36.3 Å². The summed E-state index contributed by atoms with van der Waals surface area (Å²) in [6, 6.07) is 13.9. The van der Waals surface area contributed by atoms with Crippen molar-refractivity contribution in [2.45, 2.75) is 21.4 Å². The maximum absolute atomic E-state index is 11.9. The summed E-state index contributed by atoms with van der Waals surface area (Å²) in [7, 11) is 0. The number of amides is 1. The van der Waals surface area contributed by atoms with Crippen LogP contribution >= 0.6 is 34.9 Å². The number of hydrogen-bond donors (Lipinski definition) is 1. The SMILES string of the molecule is CC(/C=N\NC(=O)CSc1nnc(SCc2ccccc2)s1)=C\c1ccco1. The minimum Gasteiger partial charge on any atom is -0.465 e. The van der Waals surface area contributed by atoms with Crippen LogP contribution in [0.15, 0.2) is 72.5 Å². The average molecular weight is 431 g/mol. The zero-order valence-corrected chi connectivity index (χ0v) is 17.5. The van der Waals surface area contributed by atoms with Crippen LogP contribution < -0.4 is 5.43 Å². The minimum atomic E-state index is -0.194. The van der Waals surface area contributed by atoms with Crippen molar-refractivity contribution in [2.24, 2.45) is 5.10 Å². The summed E-state index contributed by atoms with van der Waals surface area (Å²) in [6.07, 6.45) is 5.02. The molecule has 0 bridgehead atoms. The topological polar surface area (TPSA) is 80.4 Å². The number of carbonyl (C=O) groups is 1. The van der Waals surface area contributed by atoms with E-state index in [4.69, 9.17) is 4.42 Å². The largest absolute Gasteiger partial charge is 0.465 e. The Labute approximate surface area is 175 Å². The molecule has 9 heteroatoms. The van der Waals surface area contributed by atoms with E-state index in [-0.39, 0.29) is 11.7 Å². The average Bonchev–Trinajstić information content (AvgIpc) is 3.37. The zero-order chi connectivity index (χ0) is 19.6. The fourth-order valence-electron chi connectivity index (χ4n) is 2.03. The van der Waals surface area contributed by atoms with Crippen molar-refractivity contribution in [3.63, 3.8) is 0 Å². The van der Waals surface area contributed by atoms with Gasteiger partial charge in [0.05, 0.1) is 18.2 Å². The Morgan fingerprint density at radius 3 is 2.71 bits per heavy atom. The van der Waals surface area contributed by atoms with Gasteiger partial charge in [0.2, 0.25) is 0 Å². The molecule has 28 heavy (non-hydrogen) atoms. The first-order valence-corrected chi connectivity index (χ1v) is 11.1. The number of furan rings is 1. The van der Waals surface area contributed by atoms with E-state index in [1.54, 1.807) is 24.2 Å². The van der Waals surface area contributed by atoms with Gasteiger partial charge in [-0.3, -0.25) is 4.79 Å². The normalized spacial score (nSPS) is 11.8. The van der Waals surface area contributed by atoms with Gasteiger partial charge in [-0.2, -0.15) is 5.10 Å². The Morgan fingerprint density at radius 2 is 1.96 bits per heavy atom. The smallest absolute Gasteiger partial charge is 0.250 e. The number of nitrogens with one attached hydrogen (secondary N) is 1. The molecule has 0 aliphatic carbocycles. The molecule has 0 fully saturated rings. The van der Waals surface area contributed by atoms with Crippen molar-refractivity contribution >= 4 is 53.1 Å². The molecule has 1 N–H and O–H groups in total. The number of benzene rings is 1. The van der Waals surface area contributed by atoms with Crippen LogP contribution in [-0.4, -0.2) is 28.1 Å². The van der Waals surface area contributed by atoms with Gasteiger partial charge in [0.1, 0.15) is 5.76 Å². The van der Waals surface area contributed by atoms with E-state index in [2.05, 4.69) is 32.9 Å². The molecule has 1 amide bonds. The molecular formula is C19H18N4O2S3. The van der Waals surface area contributed by atoms with Gasteiger partial charge in [0, 0.05) is 5.75 Å². The summed E-state index contributed by atoms with van der Waals surface area (Å²) in [4.78, 5) is 11.9. The van der Waals surface area contributed by atoms with Crippen LogP contribution in [0.4, 0.5) is 0 Å². The Bertz CT molecular complexity index is 937. The molecule has 0 saturated carbocycles. The number of rotatable bonds is 9. The summed E-state index contributed by atoms with van der Waals surface area (Å²) in [5.41, 5.74) is 4.62. The molecule has 2 heterocycles. The number of allylic oxidation sites excluding steroid dienone is 1. The molecule has 0 unspecified atom stereocenters. The Morgan fingerprint density at radius 1 is 1.18 bits per heavy atom. The number of carbonyl (C=O) groups excluding carboxylic acids is 1. The van der Waals surface area contributed by atoms with Gasteiger partial charge in [0.15, 0.2) is 8.68 Å². The second-order valence-corrected chi connectivity index (χ2v) is 9.02. The highest BCUT2D eigenvalue weighted by Crippen LogP contribution is 2.30. The van der Waals surface area contributed by atoms with Gasteiger partial charge in [-0.15, -0.1) is 10.2 Å². The van der Waals surface area contributed by atoms with Crippen molar-refractivity contribution < 1.29 is 9.21 Å². The first-order valence-electron chi connectivity index (χ1n) is 8.36. The maximum Gasteiger partial charge on any atom is 0.250 e. The molecule has 144 valence electrons. The molecule has 0 aliphatic rings. The second-order valence-electron chi connectivity index (χ2n) is 5.59. The lowest BCUT2D eigenvalue weighted by atomic mass is 10.2. The van der Waals surface area contributed by atoms with E-state index >= 15 is 0 Å². The van der Waals surface area contributed by atoms with Gasteiger partial charge in [-0.25, -0.2) is 5.43 Å². The van der Waals surface area contributed by atoms with Crippen LogP contribution in [0.3, 0.4) is 0 Å². The molecule has 3 aromatic rings. The Hall–Kier alpha value is -2.36. The number of hydrazone groups is 1. The van der Waals surface area contributed by atoms with Gasteiger partial charge in [-0.1, -0.05) is 65.2 Å². The van der Waals surface area contributed by atoms with E-state index in [1.807, 2.05) is 43.3 Å². The summed E-state index contributed by atoms with van der Waals surface area (Å²) < 4.78 is 6.88. The van der Waals surface area contributed by atoms with Gasteiger partial charge in [0.25, 0.3) is 5.91 Å². The summed E-state index contributed by atoms with van der Waals surface area (Å²) in [5.74, 6) is 1.63. The van der Waals surface area contributed by atoms with Crippen LogP contribution in [0.25, 0.3) is 6.08 Å². The third kappa shape index (κ3) is 6.99. The van der Waals surface area contributed by atoms with E-state index < -0.39 is 0 Å². The lowest BCUT2D eigenvalue weighted by Crippen LogP contribution is -2.19. The summed E-state index contributed by atoms with van der Waals surface area (Å²) in [6.45, 7) is 1.88. The van der Waals surface area contributed by atoms with Crippen molar-refractivity contribution in [1.29, 1.82) is 0 Å². The van der Waals surface area contributed by atoms with E-state index in [1.165, 1.54) is 28.7 Å². The van der Waals surface area contributed by atoms with Crippen molar-refractivity contribution in [3.05, 3.63) is 65.6 Å². The van der Waals surface area contributed by atoms with E-state index in [9.17, 15) is 4.79 Å². The Kier molecular flexibility index (Phi) is 7.89. The van der Waals surface area contributed by atoms with E-state index in [0.29, 0.717) is 0 Å². The fraction of sp³-hybridized carbons (Fsp3) is 0.158. The molecular weight excluding hydrogens is 412 g/mol. The molecule has 6 nitrogen and oxygen atoms in total. The fourth-order valence-corrected chi connectivity index (χ4v) is 4.80. The molecule has 0 atom stereocenters. The molecule has 0 saturated heterocycles. The van der Waals surface area contributed by atoms with Crippen molar-refractivity contribution in [2.75, 3.05) is 5.75 Å². The lowest BCUT2D eigenvalue weighted by Gasteiger charge is -1.97. The first-order chi connectivity index (χ1) is 13.7. The molecule has 0 radical (unpaired) electrons.